The lowest BCUT2D eigenvalue weighted by molar-refractivity contribution is -0.134. The molecule has 0 aromatic heterocycles. The molecule has 0 spiro atoms. The number of hydrogen-bond donors (Lipinski definition) is 2. The van der Waals surface area contributed by atoms with Gasteiger partial charge in [0.2, 0.25) is 5.91 Å². The molecule has 1 heterocycles. The van der Waals surface area contributed by atoms with Crippen LogP contribution >= 0.6 is 0 Å². The van der Waals surface area contributed by atoms with Crippen LogP contribution in [-0.4, -0.2) is 66.5 Å². The van der Waals surface area contributed by atoms with Gasteiger partial charge in [-0.05, 0) is 24.6 Å². The van der Waals surface area contributed by atoms with Gasteiger partial charge in [-0.3, -0.25) is 9.59 Å². The van der Waals surface area contributed by atoms with Crippen LogP contribution in [0.2, 0.25) is 0 Å². The maximum absolute atomic E-state index is 12.6. The second-order valence-corrected chi connectivity index (χ2v) is 5.45. The molecular weight excluding hydrogens is 270 g/mol. The van der Waals surface area contributed by atoms with Gasteiger partial charge in [0.15, 0.2) is 0 Å². The van der Waals surface area contributed by atoms with Gasteiger partial charge in [0, 0.05) is 39.3 Å². The van der Waals surface area contributed by atoms with Crippen molar-refractivity contribution in [1.29, 1.82) is 0 Å². The van der Waals surface area contributed by atoms with Gasteiger partial charge >= 0.3 is 0 Å². The molecule has 0 saturated carbocycles. The molecule has 6 nitrogen and oxygen atoms in total. The Kier molecular flexibility index (Phi) is 4.47. The highest BCUT2D eigenvalue weighted by molar-refractivity contribution is 5.98. The van der Waals surface area contributed by atoms with Gasteiger partial charge in [0.1, 0.15) is 11.8 Å². The molecule has 0 bridgehead atoms. The fourth-order valence-corrected chi connectivity index (χ4v) is 2.37. The monoisotopic (exact) mass is 291 g/mol. The highest BCUT2D eigenvalue weighted by Gasteiger charge is 2.33. The maximum Gasteiger partial charge on any atom is 0.254 e. The number of carbonyl (C=O) groups excluding carboxylic acids is 2. The van der Waals surface area contributed by atoms with E-state index in [0.717, 1.165) is 0 Å². The molecule has 1 fully saturated rings. The van der Waals surface area contributed by atoms with Gasteiger partial charge in [0.25, 0.3) is 5.91 Å². The Morgan fingerprint density at radius 3 is 2.71 bits per heavy atom. The first-order chi connectivity index (χ1) is 9.91. The fourth-order valence-electron chi connectivity index (χ4n) is 2.37. The van der Waals surface area contributed by atoms with Gasteiger partial charge in [-0.2, -0.15) is 0 Å². The van der Waals surface area contributed by atoms with E-state index in [1.165, 1.54) is 11.0 Å². The van der Waals surface area contributed by atoms with Crippen LogP contribution in [0.4, 0.5) is 0 Å². The number of likely N-dealkylation sites (N-methyl/N-ethyl adjacent to an activating group) is 1. The fraction of sp³-hybridized carbons (Fsp3) is 0.467. The van der Waals surface area contributed by atoms with E-state index in [-0.39, 0.29) is 17.6 Å². The molecule has 114 valence electrons. The average Bonchev–Trinajstić information content (AvgIpc) is 2.48. The van der Waals surface area contributed by atoms with Crippen molar-refractivity contribution in [2.45, 2.75) is 13.0 Å². The minimum absolute atomic E-state index is 0.0893. The van der Waals surface area contributed by atoms with E-state index < -0.39 is 6.04 Å². The molecule has 2 rings (SSSR count). The van der Waals surface area contributed by atoms with E-state index in [2.05, 4.69) is 5.32 Å². The number of nitrogens with zero attached hydrogens (tertiary/aromatic N) is 2. The van der Waals surface area contributed by atoms with Gasteiger partial charge in [0.05, 0.1) is 0 Å². The number of rotatable bonds is 2. The molecule has 0 aliphatic carbocycles. The van der Waals surface area contributed by atoms with Crippen molar-refractivity contribution in [3.63, 3.8) is 0 Å². The lowest BCUT2D eigenvalue weighted by Gasteiger charge is -2.36. The van der Waals surface area contributed by atoms with Crippen molar-refractivity contribution >= 4 is 11.8 Å². The number of nitrogens with one attached hydrogen (secondary N) is 1. The molecule has 1 aliphatic rings. The summed E-state index contributed by atoms with van der Waals surface area (Å²) in [6.07, 6.45) is 0. The van der Waals surface area contributed by atoms with E-state index in [9.17, 15) is 14.7 Å². The van der Waals surface area contributed by atoms with Gasteiger partial charge in [-0.15, -0.1) is 0 Å². The first-order valence-corrected chi connectivity index (χ1v) is 6.94. The molecule has 1 aliphatic heterocycles. The van der Waals surface area contributed by atoms with Crippen LogP contribution in [-0.2, 0) is 4.79 Å². The predicted molar refractivity (Wildman–Crippen MR) is 79.2 cm³/mol. The number of piperazine rings is 1. The van der Waals surface area contributed by atoms with Crippen molar-refractivity contribution in [2.75, 3.05) is 33.7 Å². The van der Waals surface area contributed by atoms with E-state index in [4.69, 9.17) is 0 Å². The molecular formula is C15H21N3O3. The summed E-state index contributed by atoms with van der Waals surface area (Å²) >= 11 is 0. The Morgan fingerprint density at radius 1 is 1.38 bits per heavy atom. The first kappa shape index (κ1) is 15.3. The molecule has 1 aromatic carbocycles. The molecule has 1 atom stereocenters. The second-order valence-electron chi connectivity index (χ2n) is 5.45. The van der Waals surface area contributed by atoms with Crippen LogP contribution in [0.15, 0.2) is 18.2 Å². The Bertz CT molecular complexity index is 557. The lowest BCUT2D eigenvalue weighted by atomic mass is 10.1. The summed E-state index contributed by atoms with van der Waals surface area (Å²) in [4.78, 5) is 27.9. The summed E-state index contributed by atoms with van der Waals surface area (Å²) in [5, 5.41) is 12.9. The van der Waals surface area contributed by atoms with E-state index >= 15 is 0 Å². The van der Waals surface area contributed by atoms with Crippen LogP contribution in [0.5, 0.6) is 5.75 Å². The standard InChI is InChI=1S/C15H21N3O3/c1-10-4-5-11(8-13(10)19)14(20)18-7-6-16-9-12(18)15(21)17(2)3/h4-5,8,12,16,19H,6-7,9H2,1-3H3. The summed E-state index contributed by atoms with van der Waals surface area (Å²) in [6.45, 7) is 3.34. The Labute approximate surface area is 124 Å². The maximum atomic E-state index is 12.6. The Morgan fingerprint density at radius 2 is 2.10 bits per heavy atom. The van der Waals surface area contributed by atoms with Crippen LogP contribution in [0.1, 0.15) is 15.9 Å². The van der Waals surface area contributed by atoms with Crippen molar-refractivity contribution in [2.24, 2.45) is 0 Å². The summed E-state index contributed by atoms with van der Waals surface area (Å²) < 4.78 is 0. The molecule has 21 heavy (non-hydrogen) atoms. The number of carbonyl (C=O) groups is 2. The number of hydrogen-bond acceptors (Lipinski definition) is 4. The number of benzene rings is 1. The largest absolute Gasteiger partial charge is 0.508 e. The van der Waals surface area contributed by atoms with E-state index in [1.54, 1.807) is 38.1 Å². The predicted octanol–water partition coefficient (Wildman–Crippen LogP) is 0.203. The molecule has 2 N–H and O–H groups in total. The number of aromatic hydroxyl groups is 1. The summed E-state index contributed by atoms with van der Waals surface area (Å²) in [7, 11) is 3.36. The highest BCUT2D eigenvalue weighted by atomic mass is 16.3. The number of phenols is 1. The molecule has 1 aromatic rings. The molecule has 2 amide bonds. The minimum atomic E-state index is -0.510. The van der Waals surface area contributed by atoms with Crippen molar-refractivity contribution < 1.29 is 14.7 Å². The van der Waals surface area contributed by atoms with Crippen LogP contribution in [0.3, 0.4) is 0 Å². The highest BCUT2D eigenvalue weighted by Crippen LogP contribution is 2.20. The smallest absolute Gasteiger partial charge is 0.254 e. The van der Waals surface area contributed by atoms with E-state index in [1.807, 2.05) is 0 Å². The summed E-state index contributed by atoms with van der Waals surface area (Å²) in [5.41, 5.74) is 1.12. The quantitative estimate of drug-likeness (QED) is 0.816. The van der Waals surface area contributed by atoms with Crippen molar-refractivity contribution in [3.05, 3.63) is 29.3 Å². The SMILES string of the molecule is Cc1ccc(C(=O)N2CCNCC2C(=O)N(C)C)cc1O. The second kappa shape index (κ2) is 6.13. The molecule has 6 heteroatoms. The third kappa shape index (κ3) is 3.16. The molecule has 0 radical (unpaired) electrons. The van der Waals surface area contributed by atoms with Gasteiger partial charge in [-0.25, -0.2) is 0 Å². The van der Waals surface area contributed by atoms with Crippen LogP contribution in [0, 0.1) is 6.92 Å². The Hall–Kier alpha value is -2.08. The normalized spacial score (nSPS) is 18.4. The minimum Gasteiger partial charge on any atom is -0.508 e. The van der Waals surface area contributed by atoms with Gasteiger partial charge < -0.3 is 20.2 Å². The Balaban J connectivity index is 2.26. The number of amides is 2. The lowest BCUT2D eigenvalue weighted by Crippen LogP contribution is -2.59. The zero-order valence-corrected chi connectivity index (χ0v) is 12.6. The van der Waals surface area contributed by atoms with Gasteiger partial charge in [-0.1, -0.05) is 6.07 Å². The third-order valence-electron chi connectivity index (χ3n) is 3.69. The van der Waals surface area contributed by atoms with Crippen molar-refractivity contribution in [3.8, 4) is 5.75 Å². The third-order valence-corrected chi connectivity index (χ3v) is 3.69. The zero-order valence-electron chi connectivity index (χ0n) is 12.6. The molecule has 1 unspecified atom stereocenters. The van der Waals surface area contributed by atoms with Crippen LogP contribution < -0.4 is 5.32 Å². The molecule has 1 saturated heterocycles. The topological polar surface area (TPSA) is 72.9 Å². The summed E-state index contributed by atoms with van der Waals surface area (Å²) in [5.74, 6) is -0.245. The van der Waals surface area contributed by atoms with E-state index in [0.29, 0.717) is 30.8 Å². The average molecular weight is 291 g/mol. The van der Waals surface area contributed by atoms with Crippen molar-refractivity contribution in [1.82, 2.24) is 15.1 Å². The first-order valence-electron chi connectivity index (χ1n) is 6.94. The zero-order chi connectivity index (χ0) is 15.6. The summed E-state index contributed by atoms with van der Waals surface area (Å²) in [6, 6.07) is 4.32. The number of phenolic OH excluding ortho intramolecular Hbond substituents is 1. The number of aryl methyl sites for hydroxylation is 1. The van der Waals surface area contributed by atoms with Crippen LogP contribution in [0.25, 0.3) is 0 Å².